The van der Waals surface area contributed by atoms with Crippen LogP contribution in [0.1, 0.15) is 18.4 Å². The highest BCUT2D eigenvalue weighted by atomic mass is 35.5. The van der Waals surface area contributed by atoms with Gasteiger partial charge >= 0.3 is 0 Å². The van der Waals surface area contributed by atoms with Crippen molar-refractivity contribution < 1.29 is 14.4 Å². The van der Waals surface area contributed by atoms with Gasteiger partial charge in [0.25, 0.3) is 5.24 Å². The van der Waals surface area contributed by atoms with Gasteiger partial charge in [-0.05, 0) is 30.5 Å². The molecule has 0 aliphatic carbocycles. The highest BCUT2D eigenvalue weighted by molar-refractivity contribution is 8.14. The van der Waals surface area contributed by atoms with Crippen LogP contribution in [0.4, 0.5) is 4.79 Å². The lowest BCUT2D eigenvalue weighted by Gasteiger charge is -2.13. The van der Waals surface area contributed by atoms with Crippen LogP contribution >= 0.6 is 23.4 Å². The van der Waals surface area contributed by atoms with Crippen molar-refractivity contribution in [3.05, 3.63) is 34.9 Å². The van der Waals surface area contributed by atoms with Gasteiger partial charge in [0.2, 0.25) is 11.8 Å². The molecule has 1 aliphatic rings. The smallest absolute Gasteiger partial charge is 0.288 e. The van der Waals surface area contributed by atoms with E-state index in [2.05, 4.69) is 5.32 Å². The van der Waals surface area contributed by atoms with Gasteiger partial charge in [0.1, 0.15) is 0 Å². The summed E-state index contributed by atoms with van der Waals surface area (Å²) in [6.07, 6.45) is 1.97. The van der Waals surface area contributed by atoms with Crippen molar-refractivity contribution in [2.45, 2.75) is 19.3 Å². The van der Waals surface area contributed by atoms with Crippen LogP contribution in [0.5, 0.6) is 0 Å². The average molecular weight is 341 g/mol. The molecule has 5 nitrogen and oxygen atoms in total. The number of carbonyl (C=O) groups is 3. The average Bonchev–Trinajstić information content (AvgIpc) is 2.81. The van der Waals surface area contributed by atoms with Gasteiger partial charge in [-0.3, -0.25) is 19.3 Å². The molecule has 22 heavy (non-hydrogen) atoms. The third kappa shape index (κ3) is 5.03. The van der Waals surface area contributed by atoms with Crippen LogP contribution in [0.3, 0.4) is 0 Å². The minimum atomic E-state index is -0.234. The van der Waals surface area contributed by atoms with E-state index in [4.69, 9.17) is 11.6 Å². The summed E-state index contributed by atoms with van der Waals surface area (Å²) >= 11 is 6.81. The lowest BCUT2D eigenvalue weighted by molar-refractivity contribution is -0.125. The van der Waals surface area contributed by atoms with Crippen LogP contribution in [0.25, 0.3) is 0 Å². The summed E-state index contributed by atoms with van der Waals surface area (Å²) in [6, 6.07) is 7.56. The third-order valence-corrected chi connectivity index (χ3v) is 4.39. The van der Waals surface area contributed by atoms with Gasteiger partial charge in [-0.25, -0.2) is 0 Å². The number of halogens is 1. The zero-order valence-corrected chi connectivity index (χ0v) is 13.6. The quantitative estimate of drug-likeness (QED) is 0.828. The monoisotopic (exact) mass is 340 g/mol. The predicted molar refractivity (Wildman–Crippen MR) is 87.0 cm³/mol. The number of carbonyl (C=O) groups excluding carboxylic acids is 3. The van der Waals surface area contributed by atoms with Gasteiger partial charge in [0.05, 0.1) is 5.75 Å². The first-order valence-corrected chi connectivity index (χ1v) is 8.41. The second-order valence-corrected chi connectivity index (χ2v) is 6.29. The summed E-state index contributed by atoms with van der Waals surface area (Å²) in [5, 5.41) is 3.20. The van der Waals surface area contributed by atoms with Crippen molar-refractivity contribution in [3.63, 3.8) is 0 Å². The Morgan fingerprint density at radius 3 is 2.64 bits per heavy atom. The molecule has 118 valence electrons. The Labute approximate surface area is 138 Å². The fourth-order valence-corrected chi connectivity index (χ4v) is 2.97. The highest BCUT2D eigenvalue weighted by Crippen LogP contribution is 2.17. The van der Waals surface area contributed by atoms with Gasteiger partial charge < -0.3 is 5.32 Å². The number of thioether (sulfide) groups is 1. The molecule has 1 aromatic rings. The molecule has 0 atom stereocenters. The van der Waals surface area contributed by atoms with Gasteiger partial charge in [0, 0.05) is 24.5 Å². The van der Waals surface area contributed by atoms with E-state index in [0.29, 0.717) is 18.0 Å². The van der Waals surface area contributed by atoms with Crippen LogP contribution in [-0.2, 0) is 16.0 Å². The van der Waals surface area contributed by atoms with E-state index in [0.717, 1.165) is 30.2 Å². The summed E-state index contributed by atoms with van der Waals surface area (Å²) in [5.41, 5.74) is 1.14. The number of aryl methyl sites for hydroxylation is 1. The first-order chi connectivity index (χ1) is 10.6. The Kier molecular flexibility index (Phi) is 6.27. The van der Waals surface area contributed by atoms with Gasteiger partial charge in [-0.2, -0.15) is 0 Å². The number of hydrogen-bond acceptors (Lipinski definition) is 4. The van der Waals surface area contributed by atoms with Crippen molar-refractivity contribution >= 4 is 40.4 Å². The highest BCUT2D eigenvalue weighted by Gasteiger charge is 2.29. The minimum absolute atomic E-state index is 0.0688. The number of rotatable bonds is 7. The molecule has 1 aliphatic heterocycles. The molecule has 0 saturated carbocycles. The Bertz CT molecular complexity index is 546. The second kappa shape index (κ2) is 8.19. The summed E-state index contributed by atoms with van der Waals surface area (Å²) in [4.78, 5) is 35.6. The lowest BCUT2D eigenvalue weighted by atomic mass is 10.1. The molecular weight excluding hydrogens is 324 g/mol. The first-order valence-electron chi connectivity index (χ1n) is 7.04. The van der Waals surface area contributed by atoms with Crippen LogP contribution in [0, 0.1) is 0 Å². The zero-order valence-electron chi connectivity index (χ0n) is 12.0. The Morgan fingerprint density at radius 2 is 2.00 bits per heavy atom. The largest absolute Gasteiger partial charge is 0.354 e. The summed E-state index contributed by atoms with van der Waals surface area (Å²) < 4.78 is 0. The zero-order chi connectivity index (χ0) is 15.9. The molecule has 1 fully saturated rings. The molecule has 3 amide bonds. The van der Waals surface area contributed by atoms with Crippen molar-refractivity contribution in [1.29, 1.82) is 0 Å². The van der Waals surface area contributed by atoms with Crippen molar-refractivity contribution in [1.82, 2.24) is 10.2 Å². The van der Waals surface area contributed by atoms with E-state index >= 15 is 0 Å². The normalized spacial score (nSPS) is 14.5. The summed E-state index contributed by atoms with van der Waals surface area (Å²) in [6.45, 7) is 0.547. The fraction of sp³-hybridized carbons (Fsp3) is 0.400. The molecular formula is C15H17ClN2O3S. The number of nitrogens with zero attached hydrogens (tertiary/aromatic N) is 1. The number of benzene rings is 1. The molecule has 2 rings (SSSR count). The molecule has 0 unspecified atom stereocenters. The standard InChI is InChI=1S/C15H17ClN2O3S/c16-12-6-4-11(5-7-12)2-1-3-13(19)17-8-9-18-14(20)10-22-15(18)21/h4-7H,1-3,8-10H2,(H,17,19). The Hall–Kier alpha value is -1.53. The summed E-state index contributed by atoms with van der Waals surface area (Å²) in [5.74, 6) is -0.0545. The van der Waals surface area contributed by atoms with E-state index in [-0.39, 0.29) is 29.4 Å². The molecule has 1 heterocycles. The van der Waals surface area contributed by atoms with E-state index in [9.17, 15) is 14.4 Å². The van der Waals surface area contributed by atoms with Crippen LogP contribution in [0.2, 0.25) is 5.02 Å². The second-order valence-electron chi connectivity index (χ2n) is 4.93. The van der Waals surface area contributed by atoms with Gasteiger partial charge in [-0.1, -0.05) is 35.5 Å². The minimum Gasteiger partial charge on any atom is -0.354 e. The maximum atomic E-state index is 11.7. The van der Waals surface area contributed by atoms with Crippen LogP contribution in [-0.4, -0.2) is 40.8 Å². The van der Waals surface area contributed by atoms with Gasteiger partial charge in [-0.15, -0.1) is 0 Å². The van der Waals surface area contributed by atoms with Crippen molar-refractivity contribution in [2.75, 3.05) is 18.8 Å². The predicted octanol–water partition coefficient (Wildman–Crippen LogP) is 2.47. The number of hydrogen-bond donors (Lipinski definition) is 1. The van der Waals surface area contributed by atoms with Crippen molar-refractivity contribution in [3.8, 4) is 0 Å². The Morgan fingerprint density at radius 1 is 1.27 bits per heavy atom. The SMILES string of the molecule is O=C(CCCc1ccc(Cl)cc1)NCCN1C(=O)CSC1=O. The molecule has 0 radical (unpaired) electrons. The molecule has 0 bridgehead atoms. The molecule has 0 spiro atoms. The van der Waals surface area contributed by atoms with Crippen LogP contribution in [0.15, 0.2) is 24.3 Å². The van der Waals surface area contributed by atoms with E-state index in [1.54, 1.807) is 0 Å². The maximum Gasteiger partial charge on any atom is 0.288 e. The number of nitrogens with one attached hydrogen (secondary N) is 1. The fourth-order valence-electron chi connectivity index (χ4n) is 2.10. The Balaban J connectivity index is 1.61. The van der Waals surface area contributed by atoms with Gasteiger partial charge in [0.15, 0.2) is 0 Å². The molecule has 7 heteroatoms. The third-order valence-electron chi connectivity index (χ3n) is 3.28. The van der Waals surface area contributed by atoms with E-state index in [1.165, 1.54) is 4.90 Å². The molecule has 0 aromatic heterocycles. The van der Waals surface area contributed by atoms with Crippen molar-refractivity contribution in [2.24, 2.45) is 0 Å². The van der Waals surface area contributed by atoms with E-state index in [1.807, 2.05) is 24.3 Å². The molecule has 1 aromatic carbocycles. The lowest BCUT2D eigenvalue weighted by Crippen LogP contribution is -2.37. The molecule has 1 saturated heterocycles. The van der Waals surface area contributed by atoms with E-state index < -0.39 is 0 Å². The maximum absolute atomic E-state index is 11.7. The number of amides is 3. The molecule has 1 N–H and O–H groups in total. The first kappa shape index (κ1) is 16.8. The summed E-state index contributed by atoms with van der Waals surface area (Å²) in [7, 11) is 0. The topological polar surface area (TPSA) is 66.5 Å². The van der Waals surface area contributed by atoms with Crippen LogP contribution < -0.4 is 5.32 Å². The number of imide groups is 1.